The van der Waals surface area contributed by atoms with Crippen molar-refractivity contribution < 1.29 is 19.0 Å². The Hall–Kier alpha value is -1.16. The molecule has 0 spiro atoms. The van der Waals surface area contributed by atoms with Crippen LogP contribution in [-0.2, 0) is 9.53 Å². The van der Waals surface area contributed by atoms with E-state index in [2.05, 4.69) is 0 Å². The molecule has 0 bridgehead atoms. The highest BCUT2D eigenvalue weighted by Gasteiger charge is 2.42. The van der Waals surface area contributed by atoms with Crippen LogP contribution in [0.25, 0.3) is 0 Å². The number of ketones is 1. The van der Waals surface area contributed by atoms with E-state index in [1.165, 1.54) is 6.26 Å². The molecule has 0 saturated heterocycles. The predicted octanol–water partition coefficient (Wildman–Crippen LogP) is 3.82. The van der Waals surface area contributed by atoms with Gasteiger partial charge in [-0.2, -0.15) is 0 Å². The van der Waals surface area contributed by atoms with Crippen LogP contribution in [0.3, 0.4) is 0 Å². The summed E-state index contributed by atoms with van der Waals surface area (Å²) < 4.78 is 19.8. The number of carbonyl (C=O) groups is 1. The Bertz CT molecular complexity index is 508. The fourth-order valence-corrected chi connectivity index (χ4v) is 4.08. The molecule has 3 aliphatic rings. The highest BCUT2D eigenvalue weighted by Crippen LogP contribution is 2.41. The van der Waals surface area contributed by atoms with Crippen LogP contribution in [0.4, 0.5) is 4.39 Å². The monoisotopic (exact) mass is 308 g/mol. The van der Waals surface area contributed by atoms with Crippen LogP contribution in [0.15, 0.2) is 23.2 Å². The molecule has 0 radical (unpaired) electrons. The lowest BCUT2D eigenvalue weighted by atomic mass is 9.72. The van der Waals surface area contributed by atoms with Gasteiger partial charge in [-0.05, 0) is 62.9 Å². The molecule has 3 nitrogen and oxygen atoms in total. The lowest BCUT2D eigenvalue weighted by molar-refractivity contribution is -0.129. The van der Waals surface area contributed by atoms with E-state index < -0.39 is 0 Å². The molecule has 1 N–H and O–H groups in total. The Morgan fingerprint density at radius 2 is 2.14 bits per heavy atom. The van der Waals surface area contributed by atoms with Crippen molar-refractivity contribution in [3.63, 3.8) is 0 Å². The summed E-state index contributed by atoms with van der Waals surface area (Å²) in [5, 5.41) is 10.0. The third-order valence-electron chi connectivity index (χ3n) is 5.48. The van der Waals surface area contributed by atoms with Crippen LogP contribution < -0.4 is 0 Å². The van der Waals surface area contributed by atoms with E-state index in [1.54, 1.807) is 0 Å². The molecule has 4 heteroatoms. The number of rotatable bonds is 3. The Labute approximate surface area is 131 Å². The first-order chi connectivity index (χ1) is 10.6. The van der Waals surface area contributed by atoms with Crippen molar-refractivity contribution in [3.05, 3.63) is 23.2 Å². The highest BCUT2D eigenvalue weighted by molar-refractivity contribution is 6.02. The average molecular weight is 308 g/mol. The minimum atomic E-state index is -0.316. The number of Topliss-reactive ketones (excluding diaryl/α,β-unsaturated/α-hetero) is 1. The molecular formula is C18H25FO3. The van der Waals surface area contributed by atoms with Gasteiger partial charge in [0.2, 0.25) is 0 Å². The zero-order valence-electron chi connectivity index (χ0n) is 13.2. The molecule has 1 heterocycles. The van der Waals surface area contributed by atoms with Crippen molar-refractivity contribution in [3.8, 4) is 0 Å². The quantitative estimate of drug-likeness (QED) is 0.862. The van der Waals surface area contributed by atoms with Gasteiger partial charge in [0.25, 0.3) is 0 Å². The second-order valence-corrected chi connectivity index (χ2v) is 6.82. The summed E-state index contributed by atoms with van der Waals surface area (Å²) in [6.07, 6.45) is 6.94. The molecule has 4 unspecified atom stereocenters. The number of carbonyl (C=O) groups excluding carboxylic acids is 1. The van der Waals surface area contributed by atoms with Crippen LogP contribution in [-0.4, -0.2) is 23.1 Å². The van der Waals surface area contributed by atoms with Gasteiger partial charge in [-0.3, -0.25) is 4.79 Å². The van der Waals surface area contributed by atoms with Crippen LogP contribution >= 0.6 is 0 Å². The van der Waals surface area contributed by atoms with Crippen LogP contribution in [0.2, 0.25) is 0 Å². The molecule has 122 valence electrons. The van der Waals surface area contributed by atoms with Gasteiger partial charge in [0.15, 0.2) is 5.78 Å². The van der Waals surface area contributed by atoms with Gasteiger partial charge in [-0.15, -0.1) is 0 Å². The molecule has 22 heavy (non-hydrogen) atoms. The molecule has 3 rings (SSSR count). The maximum absolute atomic E-state index is 14.0. The summed E-state index contributed by atoms with van der Waals surface area (Å²) in [6, 6.07) is 0. The summed E-state index contributed by atoms with van der Waals surface area (Å²) >= 11 is 0. The topological polar surface area (TPSA) is 46.5 Å². The van der Waals surface area contributed by atoms with Crippen molar-refractivity contribution in [1.29, 1.82) is 0 Å². The second-order valence-electron chi connectivity index (χ2n) is 6.82. The largest absolute Gasteiger partial charge is 0.496 e. The first-order valence-electron chi connectivity index (χ1n) is 8.57. The summed E-state index contributed by atoms with van der Waals surface area (Å²) in [5.41, 5.74) is 1.04. The Kier molecular flexibility index (Phi) is 4.67. The van der Waals surface area contributed by atoms with Crippen molar-refractivity contribution in [2.24, 2.45) is 11.8 Å². The predicted molar refractivity (Wildman–Crippen MR) is 81.7 cm³/mol. The van der Waals surface area contributed by atoms with Crippen molar-refractivity contribution in [2.45, 2.75) is 70.5 Å². The smallest absolute Gasteiger partial charge is 0.173 e. The van der Waals surface area contributed by atoms with E-state index in [1.807, 2.05) is 6.92 Å². The fourth-order valence-electron chi connectivity index (χ4n) is 4.08. The summed E-state index contributed by atoms with van der Waals surface area (Å²) in [6.45, 7) is 1.97. The van der Waals surface area contributed by atoms with E-state index in [-0.39, 0.29) is 35.7 Å². The van der Waals surface area contributed by atoms with E-state index in [0.29, 0.717) is 24.0 Å². The standard InChI is InChI=1S/C18H25FO3/c1-2-16(20)11-7-8-13-17(9-11)22-10-14(18(13)21)12-5-3-4-6-15(12)19/h10-11,13,16-17,20H,2-9H2,1H3. The molecule has 0 amide bonds. The third kappa shape index (κ3) is 2.85. The van der Waals surface area contributed by atoms with Gasteiger partial charge in [0.05, 0.1) is 23.9 Å². The van der Waals surface area contributed by atoms with Gasteiger partial charge in [0.1, 0.15) is 11.9 Å². The molecular weight excluding hydrogens is 283 g/mol. The number of fused-ring (bicyclic) bond motifs is 1. The second kappa shape index (κ2) is 6.53. The molecule has 0 aromatic heterocycles. The molecule has 2 aliphatic carbocycles. The zero-order valence-corrected chi connectivity index (χ0v) is 13.2. The Balaban J connectivity index is 1.77. The molecule has 0 aromatic rings. The first kappa shape index (κ1) is 15.7. The molecule has 1 fully saturated rings. The third-order valence-corrected chi connectivity index (χ3v) is 5.48. The van der Waals surface area contributed by atoms with Crippen LogP contribution in [0, 0.1) is 11.8 Å². The SMILES string of the molecule is CCC(O)C1CCC2C(=O)C(C3=C(F)CCCC3)=COC2C1. The van der Waals surface area contributed by atoms with Gasteiger partial charge >= 0.3 is 0 Å². The van der Waals surface area contributed by atoms with Crippen LogP contribution in [0.1, 0.15) is 58.3 Å². The number of ether oxygens (including phenoxy) is 1. The van der Waals surface area contributed by atoms with Gasteiger partial charge in [0, 0.05) is 0 Å². The van der Waals surface area contributed by atoms with Crippen LogP contribution in [0.5, 0.6) is 0 Å². The van der Waals surface area contributed by atoms with Crippen molar-refractivity contribution >= 4 is 5.78 Å². The fraction of sp³-hybridized carbons (Fsp3) is 0.722. The molecule has 1 aliphatic heterocycles. The van der Waals surface area contributed by atoms with Gasteiger partial charge < -0.3 is 9.84 Å². The molecule has 4 atom stereocenters. The Morgan fingerprint density at radius 3 is 2.86 bits per heavy atom. The summed E-state index contributed by atoms with van der Waals surface area (Å²) in [5.74, 6) is -0.0436. The number of hydrogen-bond acceptors (Lipinski definition) is 3. The maximum Gasteiger partial charge on any atom is 0.173 e. The number of allylic oxidation sites excluding steroid dienone is 3. The minimum absolute atomic E-state index is 0.0488. The summed E-state index contributed by atoms with van der Waals surface area (Å²) in [4.78, 5) is 12.7. The summed E-state index contributed by atoms with van der Waals surface area (Å²) in [7, 11) is 0. The van der Waals surface area contributed by atoms with Gasteiger partial charge in [-0.25, -0.2) is 4.39 Å². The highest BCUT2D eigenvalue weighted by atomic mass is 19.1. The lowest BCUT2D eigenvalue weighted by Gasteiger charge is -2.39. The maximum atomic E-state index is 14.0. The lowest BCUT2D eigenvalue weighted by Crippen LogP contribution is -2.42. The van der Waals surface area contributed by atoms with E-state index in [0.717, 1.165) is 38.5 Å². The Morgan fingerprint density at radius 1 is 1.36 bits per heavy atom. The van der Waals surface area contributed by atoms with E-state index in [4.69, 9.17) is 4.74 Å². The number of hydrogen-bond donors (Lipinski definition) is 1. The number of aliphatic hydroxyl groups is 1. The number of halogens is 1. The number of aliphatic hydroxyl groups excluding tert-OH is 1. The van der Waals surface area contributed by atoms with Crippen molar-refractivity contribution in [1.82, 2.24) is 0 Å². The molecule has 1 saturated carbocycles. The molecule has 0 aromatic carbocycles. The average Bonchev–Trinajstić information content (AvgIpc) is 2.55. The van der Waals surface area contributed by atoms with E-state index in [9.17, 15) is 14.3 Å². The van der Waals surface area contributed by atoms with E-state index >= 15 is 0 Å². The normalized spacial score (nSPS) is 33.9. The minimum Gasteiger partial charge on any atom is -0.496 e. The first-order valence-corrected chi connectivity index (χ1v) is 8.57. The van der Waals surface area contributed by atoms with Gasteiger partial charge in [-0.1, -0.05) is 6.92 Å². The zero-order chi connectivity index (χ0) is 15.7. The van der Waals surface area contributed by atoms with Crippen molar-refractivity contribution in [2.75, 3.05) is 0 Å².